The van der Waals surface area contributed by atoms with Crippen molar-refractivity contribution in [2.24, 2.45) is 0 Å². The largest absolute Gasteiger partial charge is 0.395 e. The maximum Gasteiger partial charge on any atom is 0.255 e. The molecule has 0 aromatic heterocycles. The summed E-state index contributed by atoms with van der Waals surface area (Å²) in [5, 5.41) is 8.80. The van der Waals surface area contributed by atoms with E-state index in [0.717, 1.165) is 0 Å². The van der Waals surface area contributed by atoms with Crippen molar-refractivity contribution in [2.75, 3.05) is 24.6 Å². The Morgan fingerprint density at radius 2 is 2.06 bits per heavy atom. The van der Waals surface area contributed by atoms with Gasteiger partial charge in [0.05, 0.1) is 13.2 Å². The molecular formula is C11H13F2NO2. The molecule has 0 unspecified atom stereocenters. The molecule has 0 bridgehead atoms. The van der Waals surface area contributed by atoms with Crippen LogP contribution in [-0.2, 0) is 0 Å². The molecule has 0 aliphatic heterocycles. The minimum atomic E-state index is -2.51. The van der Waals surface area contributed by atoms with E-state index in [-0.39, 0.29) is 13.2 Å². The third-order valence-electron chi connectivity index (χ3n) is 2.13. The summed E-state index contributed by atoms with van der Waals surface area (Å²) in [7, 11) is 0. The van der Waals surface area contributed by atoms with Gasteiger partial charge < -0.3 is 10.0 Å². The number of carbonyl (C=O) groups is 1. The van der Waals surface area contributed by atoms with E-state index in [4.69, 9.17) is 5.11 Å². The van der Waals surface area contributed by atoms with Gasteiger partial charge in [0.2, 0.25) is 0 Å². The molecule has 1 aromatic carbocycles. The zero-order chi connectivity index (χ0) is 12.0. The monoisotopic (exact) mass is 229 g/mol. The van der Waals surface area contributed by atoms with E-state index in [2.05, 4.69) is 0 Å². The average molecular weight is 229 g/mol. The van der Waals surface area contributed by atoms with Crippen LogP contribution in [0.5, 0.6) is 0 Å². The molecule has 0 aliphatic rings. The molecule has 0 atom stereocenters. The van der Waals surface area contributed by atoms with Crippen molar-refractivity contribution in [3.8, 4) is 0 Å². The summed E-state index contributed by atoms with van der Waals surface area (Å²) in [5.74, 6) is 0. The van der Waals surface area contributed by atoms with Crippen LogP contribution in [0.15, 0.2) is 24.3 Å². The standard InChI is InChI=1S/C11H13F2NO2/c12-11(13)7-14(5-6-15)10-4-2-1-3-9(10)8-16/h1-4,8,11,15H,5-7H2. The Labute approximate surface area is 92.3 Å². The van der Waals surface area contributed by atoms with Gasteiger partial charge in [-0.25, -0.2) is 8.78 Å². The van der Waals surface area contributed by atoms with Gasteiger partial charge in [0.25, 0.3) is 6.43 Å². The summed E-state index contributed by atoms with van der Waals surface area (Å²) in [4.78, 5) is 12.0. The van der Waals surface area contributed by atoms with E-state index >= 15 is 0 Å². The van der Waals surface area contributed by atoms with Gasteiger partial charge in [0, 0.05) is 17.8 Å². The Morgan fingerprint density at radius 1 is 1.38 bits per heavy atom. The molecule has 0 heterocycles. The lowest BCUT2D eigenvalue weighted by Crippen LogP contribution is -2.32. The third-order valence-corrected chi connectivity index (χ3v) is 2.13. The highest BCUT2D eigenvalue weighted by Crippen LogP contribution is 2.19. The third kappa shape index (κ3) is 3.27. The van der Waals surface area contributed by atoms with Gasteiger partial charge in [-0.3, -0.25) is 4.79 Å². The second-order valence-electron chi connectivity index (χ2n) is 3.24. The molecule has 16 heavy (non-hydrogen) atoms. The lowest BCUT2D eigenvalue weighted by atomic mass is 10.1. The fourth-order valence-corrected chi connectivity index (χ4v) is 1.47. The summed E-state index contributed by atoms with van der Waals surface area (Å²) in [5.41, 5.74) is 0.767. The maximum absolute atomic E-state index is 12.3. The van der Waals surface area contributed by atoms with E-state index in [9.17, 15) is 13.6 Å². The zero-order valence-corrected chi connectivity index (χ0v) is 8.64. The van der Waals surface area contributed by atoms with Crippen LogP contribution in [0.4, 0.5) is 14.5 Å². The number of alkyl halides is 2. The fourth-order valence-electron chi connectivity index (χ4n) is 1.47. The van der Waals surface area contributed by atoms with Crippen molar-refractivity contribution in [3.05, 3.63) is 29.8 Å². The van der Waals surface area contributed by atoms with Crippen molar-refractivity contribution in [2.45, 2.75) is 6.43 Å². The molecule has 3 nitrogen and oxygen atoms in total. The number of nitrogens with zero attached hydrogens (tertiary/aromatic N) is 1. The van der Waals surface area contributed by atoms with Gasteiger partial charge >= 0.3 is 0 Å². The quantitative estimate of drug-likeness (QED) is 0.752. The Balaban J connectivity index is 2.94. The summed E-state index contributed by atoms with van der Waals surface area (Å²) >= 11 is 0. The summed E-state index contributed by atoms with van der Waals surface area (Å²) in [6, 6.07) is 6.46. The number of benzene rings is 1. The second-order valence-corrected chi connectivity index (χ2v) is 3.24. The van der Waals surface area contributed by atoms with E-state index in [1.807, 2.05) is 0 Å². The van der Waals surface area contributed by atoms with Crippen LogP contribution in [0.3, 0.4) is 0 Å². The van der Waals surface area contributed by atoms with Crippen molar-refractivity contribution in [3.63, 3.8) is 0 Å². The van der Waals surface area contributed by atoms with E-state index in [0.29, 0.717) is 17.5 Å². The van der Waals surface area contributed by atoms with Gasteiger partial charge in [0.1, 0.15) is 0 Å². The molecule has 0 fully saturated rings. The molecule has 0 radical (unpaired) electrons. The molecular weight excluding hydrogens is 216 g/mol. The van der Waals surface area contributed by atoms with Crippen molar-refractivity contribution in [1.82, 2.24) is 0 Å². The van der Waals surface area contributed by atoms with Crippen LogP contribution in [0.1, 0.15) is 10.4 Å². The predicted molar refractivity (Wildman–Crippen MR) is 57.1 cm³/mol. The molecule has 0 saturated heterocycles. The highest BCUT2D eigenvalue weighted by molar-refractivity contribution is 5.84. The molecule has 0 saturated carbocycles. The van der Waals surface area contributed by atoms with Crippen molar-refractivity contribution < 1.29 is 18.7 Å². The number of anilines is 1. The van der Waals surface area contributed by atoms with Crippen LogP contribution in [0.2, 0.25) is 0 Å². The molecule has 5 heteroatoms. The van der Waals surface area contributed by atoms with Crippen LogP contribution in [0.25, 0.3) is 0 Å². The SMILES string of the molecule is O=Cc1ccccc1N(CCO)CC(F)F. The number of rotatable bonds is 6. The first kappa shape index (κ1) is 12.6. The lowest BCUT2D eigenvalue weighted by molar-refractivity contribution is 0.112. The first-order valence-electron chi connectivity index (χ1n) is 4.87. The fraction of sp³-hybridized carbons (Fsp3) is 0.364. The normalized spacial score (nSPS) is 10.5. The number of halogens is 2. The maximum atomic E-state index is 12.3. The number of hydrogen-bond acceptors (Lipinski definition) is 3. The average Bonchev–Trinajstić information content (AvgIpc) is 2.28. The van der Waals surface area contributed by atoms with Crippen LogP contribution in [-0.4, -0.2) is 37.5 Å². The molecule has 1 N–H and O–H groups in total. The summed E-state index contributed by atoms with van der Waals surface area (Å²) < 4.78 is 24.6. The van der Waals surface area contributed by atoms with Crippen molar-refractivity contribution >= 4 is 12.0 Å². The van der Waals surface area contributed by atoms with Crippen LogP contribution >= 0.6 is 0 Å². The second kappa shape index (κ2) is 6.17. The first-order chi connectivity index (χ1) is 7.69. The van der Waals surface area contributed by atoms with E-state index in [1.165, 1.54) is 4.90 Å². The minimum Gasteiger partial charge on any atom is -0.395 e. The molecule has 0 amide bonds. The Morgan fingerprint density at radius 3 is 2.62 bits per heavy atom. The van der Waals surface area contributed by atoms with Crippen LogP contribution < -0.4 is 4.90 Å². The van der Waals surface area contributed by atoms with Gasteiger partial charge in [-0.15, -0.1) is 0 Å². The minimum absolute atomic E-state index is 0.0786. The molecule has 0 aliphatic carbocycles. The van der Waals surface area contributed by atoms with Gasteiger partial charge in [-0.1, -0.05) is 12.1 Å². The Kier molecular flexibility index (Phi) is 4.85. The van der Waals surface area contributed by atoms with Gasteiger partial charge in [-0.05, 0) is 12.1 Å². The highest BCUT2D eigenvalue weighted by atomic mass is 19.3. The topological polar surface area (TPSA) is 40.5 Å². The number of hydrogen-bond donors (Lipinski definition) is 1. The molecule has 0 spiro atoms. The van der Waals surface area contributed by atoms with E-state index < -0.39 is 13.0 Å². The van der Waals surface area contributed by atoms with Gasteiger partial charge in [0.15, 0.2) is 6.29 Å². The van der Waals surface area contributed by atoms with Crippen molar-refractivity contribution in [1.29, 1.82) is 0 Å². The lowest BCUT2D eigenvalue weighted by Gasteiger charge is -2.24. The Hall–Kier alpha value is -1.49. The summed E-state index contributed by atoms with van der Waals surface area (Å²) in [6.45, 7) is -0.652. The number of para-hydroxylation sites is 1. The molecule has 1 rings (SSSR count). The predicted octanol–water partition coefficient (Wildman–Crippen LogP) is 1.56. The number of aldehydes is 1. The molecule has 88 valence electrons. The Bertz CT molecular complexity index is 345. The number of aliphatic hydroxyl groups is 1. The first-order valence-corrected chi connectivity index (χ1v) is 4.87. The van der Waals surface area contributed by atoms with E-state index in [1.54, 1.807) is 24.3 Å². The number of carbonyl (C=O) groups excluding carboxylic acids is 1. The van der Waals surface area contributed by atoms with Crippen LogP contribution in [0, 0.1) is 0 Å². The molecule has 1 aromatic rings. The number of aliphatic hydroxyl groups excluding tert-OH is 1. The zero-order valence-electron chi connectivity index (χ0n) is 8.64. The highest BCUT2D eigenvalue weighted by Gasteiger charge is 2.14. The van der Waals surface area contributed by atoms with Gasteiger partial charge in [-0.2, -0.15) is 0 Å². The summed E-state index contributed by atoms with van der Waals surface area (Å²) in [6.07, 6.45) is -1.89. The smallest absolute Gasteiger partial charge is 0.255 e.